The third kappa shape index (κ3) is 3.96. The molecule has 15 heavy (non-hydrogen) atoms. The van der Waals surface area contributed by atoms with Crippen LogP contribution in [0, 0.1) is 5.41 Å². The van der Waals surface area contributed by atoms with E-state index in [1.807, 2.05) is 0 Å². The van der Waals surface area contributed by atoms with E-state index in [2.05, 4.69) is 0 Å². The van der Waals surface area contributed by atoms with E-state index in [1.165, 1.54) is 11.9 Å². The van der Waals surface area contributed by atoms with Crippen molar-refractivity contribution >= 4 is 0 Å². The molecule has 1 atom stereocenters. The second-order valence-corrected chi connectivity index (χ2v) is 4.29. The fraction of sp³-hybridized carbons (Fsp3) is 1.00. The van der Waals surface area contributed by atoms with Crippen molar-refractivity contribution in [2.24, 2.45) is 11.1 Å². The van der Waals surface area contributed by atoms with Crippen molar-refractivity contribution in [2.45, 2.75) is 12.6 Å². The molecule has 0 amide bonds. The third-order valence-electron chi connectivity index (χ3n) is 2.67. The molecule has 1 saturated heterocycles. The zero-order valence-electron chi connectivity index (χ0n) is 8.81. The summed E-state index contributed by atoms with van der Waals surface area (Å²) in [6.45, 7) is 0.871. The molecule has 0 bridgehead atoms. The largest absolute Gasteiger partial charge is 0.401 e. The summed E-state index contributed by atoms with van der Waals surface area (Å²) >= 11 is 0. The first-order chi connectivity index (χ1) is 6.87. The summed E-state index contributed by atoms with van der Waals surface area (Å²) < 4.78 is 41.5. The average Bonchev–Trinajstić information content (AvgIpc) is 2.50. The maximum atomic E-state index is 12.1. The van der Waals surface area contributed by atoms with E-state index >= 15 is 0 Å². The minimum atomic E-state index is -4.15. The monoisotopic (exact) mass is 226 g/mol. The maximum Gasteiger partial charge on any atom is 0.401 e. The quantitative estimate of drug-likeness (QED) is 0.772. The van der Waals surface area contributed by atoms with Gasteiger partial charge in [-0.2, -0.15) is 13.2 Å². The van der Waals surface area contributed by atoms with Gasteiger partial charge in [0.25, 0.3) is 0 Å². The van der Waals surface area contributed by atoms with Gasteiger partial charge in [0, 0.05) is 25.1 Å². The zero-order chi connectivity index (χ0) is 11.5. The van der Waals surface area contributed by atoms with E-state index < -0.39 is 12.7 Å². The number of halogens is 3. The Balaban J connectivity index is 2.45. The van der Waals surface area contributed by atoms with E-state index in [0.29, 0.717) is 26.3 Å². The molecule has 0 spiro atoms. The van der Waals surface area contributed by atoms with Crippen molar-refractivity contribution in [3.8, 4) is 0 Å². The van der Waals surface area contributed by atoms with Gasteiger partial charge in [-0.3, -0.25) is 4.90 Å². The highest BCUT2D eigenvalue weighted by molar-refractivity contribution is 4.87. The van der Waals surface area contributed by atoms with Gasteiger partial charge in [0.05, 0.1) is 13.2 Å². The molecular weight excluding hydrogens is 209 g/mol. The van der Waals surface area contributed by atoms with Crippen molar-refractivity contribution in [2.75, 3.05) is 39.9 Å². The highest BCUT2D eigenvalue weighted by Crippen LogP contribution is 2.29. The molecule has 0 aliphatic carbocycles. The first-order valence-corrected chi connectivity index (χ1v) is 4.90. The van der Waals surface area contributed by atoms with Crippen LogP contribution in [-0.2, 0) is 4.74 Å². The molecule has 1 unspecified atom stereocenters. The lowest BCUT2D eigenvalue weighted by Gasteiger charge is -2.31. The van der Waals surface area contributed by atoms with Crippen LogP contribution in [0.25, 0.3) is 0 Å². The summed E-state index contributed by atoms with van der Waals surface area (Å²) in [7, 11) is 1.46. The molecule has 1 heterocycles. The second-order valence-electron chi connectivity index (χ2n) is 4.29. The van der Waals surface area contributed by atoms with Crippen LogP contribution in [0.3, 0.4) is 0 Å². The van der Waals surface area contributed by atoms with Gasteiger partial charge in [-0.1, -0.05) is 0 Å². The van der Waals surface area contributed by atoms with Gasteiger partial charge in [-0.25, -0.2) is 0 Å². The Bertz CT molecular complexity index is 202. The second kappa shape index (κ2) is 4.67. The van der Waals surface area contributed by atoms with Crippen molar-refractivity contribution in [3.05, 3.63) is 0 Å². The van der Waals surface area contributed by atoms with Crippen molar-refractivity contribution in [1.29, 1.82) is 0 Å². The minimum Gasteiger partial charge on any atom is -0.381 e. The van der Waals surface area contributed by atoms with Crippen LogP contribution in [0.4, 0.5) is 13.2 Å². The number of rotatable bonds is 4. The molecule has 1 fully saturated rings. The van der Waals surface area contributed by atoms with Crippen LogP contribution in [0.1, 0.15) is 6.42 Å². The van der Waals surface area contributed by atoms with Crippen molar-refractivity contribution < 1.29 is 17.9 Å². The smallest absolute Gasteiger partial charge is 0.381 e. The van der Waals surface area contributed by atoms with Gasteiger partial charge in [0.1, 0.15) is 0 Å². The average molecular weight is 226 g/mol. The van der Waals surface area contributed by atoms with Gasteiger partial charge in [0.15, 0.2) is 0 Å². The van der Waals surface area contributed by atoms with Crippen molar-refractivity contribution in [1.82, 2.24) is 4.90 Å². The number of nitrogens with two attached hydrogens (primary N) is 1. The molecule has 0 saturated carbocycles. The molecule has 0 aromatic rings. The lowest BCUT2D eigenvalue weighted by Crippen LogP contribution is -2.44. The topological polar surface area (TPSA) is 38.5 Å². The maximum absolute atomic E-state index is 12.1. The molecule has 2 N–H and O–H groups in total. The summed E-state index contributed by atoms with van der Waals surface area (Å²) in [5.41, 5.74) is 5.30. The van der Waals surface area contributed by atoms with E-state index in [9.17, 15) is 13.2 Å². The molecule has 1 rings (SSSR count). The van der Waals surface area contributed by atoms with Gasteiger partial charge in [-0.15, -0.1) is 0 Å². The Labute approximate surface area is 87.4 Å². The van der Waals surface area contributed by atoms with Gasteiger partial charge >= 0.3 is 6.18 Å². The van der Waals surface area contributed by atoms with E-state index in [1.54, 1.807) is 0 Å². The van der Waals surface area contributed by atoms with Gasteiger partial charge < -0.3 is 10.5 Å². The third-order valence-corrected chi connectivity index (χ3v) is 2.67. The lowest BCUT2D eigenvalue weighted by atomic mass is 9.87. The highest BCUT2D eigenvalue weighted by atomic mass is 19.4. The van der Waals surface area contributed by atoms with Crippen LogP contribution in [0.15, 0.2) is 0 Å². The summed E-state index contributed by atoms with van der Waals surface area (Å²) in [4.78, 5) is 1.27. The minimum absolute atomic E-state index is 0.292. The number of alkyl halides is 3. The molecule has 1 aliphatic rings. The van der Waals surface area contributed by atoms with Gasteiger partial charge in [-0.05, 0) is 13.5 Å². The molecule has 0 radical (unpaired) electrons. The molecule has 0 aromatic heterocycles. The fourth-order valence-electron chi connectivity index (χ4n) is 1.93. The molecule has 90 valence electrons. The van der Waals surface area contributed by atoms with Crippen molar-refractivity contribution in [3.63, 3.8) is 0 Å². The molecule has 0 aromatic carbocycles. The highest BCUT2D eigenvalue weighted by Gasteiger charge is 2.37. The Morgan fingerprint density at radius 1 is 1.47 bits per heavy atom. The Morgan fingerprint density at radius 2 is 2.13 bits per heavy atom. The fourth-order valence-corrected chi connectivity index (χ4v) is 1.93. The van der Waals surface area contributed by atoms with Crippen LogP contribution >= 0.6 is 0 Å². The molecule has 3 nitrogen and oxygen atoms in total. The summed E-state index contributed by atoms with van der Waals surface area (Å²) in [6, 6.07) is 0. The lowest BCUT2D eigenvalue weighted by molar-refractivity contribution is -0.145. The molecular formula is C9H17F3N2O. The SMILES string of the molecule is CN(CC(F)(F)F)CC1(CN)CCOC1. The predicted molar refractivity (Wildman–Crippen MR) is 50.5 cm³/mol. The Morgan fingerprint density at radius 3 is 2.53 bits per heavy atom. The Kier molecular flexibility index (Phi) is 3.97. The van der Waals surface area contributed by atoms with Gasteiger partial charge in [0.2, 0.25) is 0 Å². The van der Waals surface area contributed by atoms with E-state index in [0.717, 1.165) is 6.42 Å². The first kappa shape index (κ1) is 12.7. The summed E-state index contributed by atoms with van der Waals surface area (Å²) in [6.07, 6.45) is -3.41. The summed E-state index contributed by atoms with van der Waals surface area (Å²) in [5, 5.41) is 0. The predicted octanol–water partition coefficient (Wildman–Crippen LogP) is 0.846. The summed E-state index contributed by atoms with van der Waals surface area (Å²) in [5.74, 6) is 0. The number of hydrogen-bond acceptors (Lipinski definition) is 3. The van der Waals surface area contributed by atoms with Crippen LogP contribution in [0.2, 0.25) is 0 Å². The van der Waals surface area contributed by atoms with E-state index in [-0.39, 0.29) is 5.41 Å². The first-order valence-electron chi connectivity index (χ1n) is 4.90. The number of nitrogens with zero attached hydrogens (tertiary/aromatic N) is 1. The van der Waals surface area contributed by atoms with Crippen LogP contribution in [0.5, 0.6) is 0 Å². The normalized spacial score (nSPS) is 27.6. The van der Waals surface area contributed by atoms with E-state index in [4.69, 9.17) is 10.5 Å². The number of hydrogen-bond donors (Lipinski definition) is 1. The number of ether oxygens (including phenoxy) is 1. The Hall–Kier alpha value is -0.330. The standard InChI is InChI=1S/C9H17F3N2O/c1-14(6-9(10,11)12)5-8(4-13)2-3-15-7-8/h2-7,13H2,1H3. The molecule has 6 heteroatoms. The van der Waals surface area contributed by atoms with Crippen LogP contribution < -0.4 is 5.73 Å². The molecule has 1 aliphatic heterocycles. The van der Waals surface area contributed by atoms with Crippen LogP contribution in [-0.4, -0.2) is 51.0 Å². The zero-order valence-corrected chi connectivity index (χ0v) is 8.81.